The molecule has 2 rings (SSSR count). The van der Waals surface area contributed by atoms with Crippen LogP contribution in [0, 0.1) is 5.41 Å². The van der Waals surface area contributed by atoms with Gasteiger partial charge >= 0.3 is 0 Å². The molecule has 2 atom stereocenters. The minimum atomic E-state index is -0.0172. The Bertz CT molecular complexity index is 427. The van der Waals surface area contributed by atoms with E-state index in [9.17, 15) is 4.79 Å². The van der Waals surface area contributed by atoms with E-state index in [1.54, 1.807) is 0 Å². The molecule has 2 heterocycles. The summed E-state index contributed by atoms with van der Waals surface area (Å²) < 4.78 is 6.81. The summed E-state index contributed by atoms with van der Waals surface area (Å²) in [4.78, 5) is 11.6. The zero-order valence-corrected chi connectivity index (χ0v) is 11.6. The lowest BCUT2D eigenvalue weighted by molar-refractivity contribution is 0.154. The first-order valence-corrected chi connectivity index (χ1v) is 6.85. The first-order chi connectivity index (χ1) is 8.46. The number of hydrogen-bond acceptors (Lipinski definition) is 3. The van der Waals surface area contributed by atoms with Crippen LogP contribution in [0.2, 0.25) is 0 Å². The van der Waals surface area contributed by atoms with E-state index in [-0.39, 0.29) is 11.6 Å². The van der Waals surface area contributed by atoms with Crippen LogP contribution in [0.25, 0.3) is 0 Å². The molecule has 4 nitrogen and oxygen atoms in total. The molecule has 1 aliphatic heterocycles. The maximum Gasteiger partial charge on any atom is 0.282 e. The smallest absolute Gasteiger partial charge is 0.282 e. The number of aromatic nitrogens is 1. The average molecular weight is 252 g/mol. The third kappa shape index (κ3) is 3.48. The highest BCUT2D eigenvalue weighted by atomic mass is 16.5. The SMILES string of the molecule is CC(C)(C)CC[C@H]1C[C@@H](n2occc2=O)CCN1. The van der Waals surface area contributed by atoms with Crippen LogP contribution in [-0.2, 0) is 0 Å². The minimum absolute atomic E-state index is 0.0172. The van der Waals surface area contributed by atoms with E-state index < -0.39 is 0 Å². The Morgan fingerprint density at radius 3 is 2.89 bits per heavy atom. The van der Waals surface area contributed by atoms with Gasteiger partial charge in [0.15, 0.2) is 0 Å². The standard InChI is InChI=1S/C14H24N2O2/c1-14(2,3)7-4-11-10-12(5-8-15-11)16-13(17)6-9-18-16/h6,9,11-12,15H,4-5,7-8,10H2,1-3H3/t11-,12-/m0/s1. The van der Waals surface area contributed by atoms with E-state index in [0.29, 0.717) is 11.5 Å². The second-order valence-corrected chi connectivity index (χ2v) is 6.50. The van der Waals surface area contributed by atoms with Crippen molar-refractivity contribution in [2.75, 3.05) is 6.54 Å². The first kappa shape index (κ1) is 13.4. The van der Waals surface area contributed by atoms with Crippen LogP contribution in [0.4, 0.5) is 0 Å². The van der Waals surface area contributed by atoms with Crippen LogP contribution in [0.1, 0.15) is 52.5 Å². The Kier molecular flexibility index (Phi) is 3.95. The van der Waals surface area contributed by atoms with Crippen LogP contribution in [-0.4, -0.2) is 17.3 Å². The van der Waals surface area contributed by atoms with Crippen molar-refractivity contribution in [3.8, 4) is 0 Å². The van der Waals surface area contributed by atoms with E-state index in [1.165, 1.54) is 23.5 Å². The van der Waals surface area contributed by atoms with Gasteiger partial charge in [-0.1, -0.05) is 20.8 Å². The predicted molar refractivity (Wildman–Crippen MR) is 71.7 cm³/mol. The summed E-state index contributed by atoms with van der Waals surface area (Å²) in [7, 11) is 0. The third-order valence-electron chi connectivity index (χ3n) is 3.64. The summed E-state index contributed by atoms with van der Waals surface area (Å²) in [6, 6.07) is 2.21. The number of nitrogens with zero attached hydrogens (tertiary/aromatic N) is 1. The normalized spacial score (nSPS) is 25.3. The Balaban J connectivity index is 1.93. The molecule has 0 unspecified atom stereocenters. The number of rotatable bonds is 3. The summed E-state index contributed by atoms with van der Waals surface area (Å²) in [6.45, 7) is 7.77. The predicted octanol–water partition coefficient (Wildman–Crippen LogP) is 2.56. The molecule has 1 saturated heterocycles. The van der Waals surface area contributed by atoms with E-state index in [2.05, 4.69) is 26.1 Å². The molecular formula is C14H24N2O2. The van der Waals surface area contributed by atoms with Crippen molar-refractivity contribution in [3.63, 3.8) is 0 Å². The molecule has 1 fully saturated rings. The van der Waals surface area contributed by atoms with E-state index >= 15 is 0 Å². The summed E-state index contributed by atoms with van der Waals surface area (Å²) in [5.41, 5.74) is 0.354. The summed E-state index contributed by atoms with van der Waals surface area (Å²) in [5, 5.41) is 3.55. The molecule has 1 N–H and O–H groups in total. The van der Waals surface area contributed by atoms with Gasteiger partial charge in [0.25, 0.3) is 5.56 Å². The lowest BCUT2D eigenvalue weighted by Crippen LogP contribution is -2.40. The van der Waals surface area contributed by atoms with Crippen LogP contribution in [0.3, 0.4) is 0 Å². The molecule has 18 heavy (non-hydrogen) atoms. The van der Waals surface area contributed by atoms with Gasteiger partial charge in [0.05, 0.1) is 6.04 Å². The van der Waals surface area contributed by atoms with Crippen LogP contribution >= 0.6 is 0 Å². The van der Waals surface area contributed by atoms with Gasteiger partial charge in [0.2, 0.25) is 0 Å². The van der Waals surface area contributed by atoms with Crippen molar-refractivity contribution in [2.45, 2.75) is 58.5 Å². The van der Waals surface area contributed by atoms with Gasteiger partial charge in [-0.3, -0.25) is 4.79 Å². The van der Waals surface area contributed by atoms with Gasteiger partial charge in [-0.25, -0.2) is 0 Å². The Morgan fingerprint density at radius 2 is 2.28 bits per heavy atom. The zero-order valence-electron chi connectivity index (χ0n) is 11.6. The fraction of sp³-hybridized carbons (Fsp3) is 0.786. The highest BCUT2D eigenvalue weighted by Crippen LogP contribution is 2.27. The lowest BCUT2D eigenvalue weighted by atomic mass is 9.86. The molecule has 0 spiro atoms. The van der Waals surface area contributed by atoms with E-state index in [0.717, 1.165) is 25.8 Å². The van der Waals surface area contributed by atoms with Crippen molar-refractivity contribution in [3.05, 3.63) is 22.7 Å². The van der Waals surface area contributed by atoms with E-state index in [1.807, 2.05) is 0 Å². The molecule has 0 saturated carbocycles. The molecule has 1 aromatic heterocycles. The average Bonchev–Trinajstić information content (AvgIpc) is 2.72. The highest BCUT2D eigenvalue weighted by molar-refractivity contribution is 4.86. The maximum atomic E-state index is 11.6. The molecule has 4 heteroatoms. The van der Waals surface area contributed by atoms with Gasteiger partial charge in [-0.15, -0.1) is 0 Å². The topological polar surface area (TPSA) is 47.2 Å². The minimum Gasteiger partial charge on any atom is -0.384 e. The van der Waals surface area contributed by atoms with Crippen molar-refractivity contribution >= 4 is 0 Å². The summed E-state index contributed by atoms with van der Waals surface area (Å²) in [5.74, 6) is 0. The first-order valence-electron chi connectivity index (χ1n) is 6.85. The molecule has 1 aromatic rings. The van der Waals surface area contributed by atoms with Crippen molar-refractivity contribution in [1.82, 2.24) is 10.1 Å². The molecular weight excluding hydrogens is 228 g/mol. The highest BCUT2D eigenvalue weighted by Gasteiger charge is 2.25. The molecule has 1 aliphatic rings. The maximum absolute atomic E-state index is 11.6. The second kappa shape index (κ2) is 5.31. The molecule has 0 aromatic carbocycles. The van der Waals surface area contributed by atoms with Crippen molar-refractivity contribution in [2.24, 2.45) is 5.41 Å². The Labute approximate surface area is 108 Å². The summed E-state index contributed by atoms with van der Waals surface area (Å²) in [6.07, 6.45) is 5.80. The fourth-order valence-electron chi connectivity index (χ4n) is 2.57. The Morgan fingerprint density at radius 1 is 1.50 bits per heavy atom. The second-order valence-electron chi connectivity index (χ2n) is 6.50. The van der Waals surface area contributed by atoms with E-state index in [4.69, 9.17) is 4.52 Å². The molecule has 0 amide bonds. The molecule has 102 valence electrons. The molecule has 0 radical (unpaired) electrons. The zero-order chi connectivity index (χ0) is 13.2. The monoisotopic (exact) mass is 252 g/mol. The van der Waals surface area contributed by atoms with Crippen LogP contribution in [0.5, 0.6) is 0 Å². The van der Waals surface area contributed by atoms with Gasteiger partial charge in [-0.2, -0.15) is 4.74 Å². The fourth-order valence-corrected chi connectivity index (χ4v) is 2.57. The largest absolute Gasteiger partial charge is 0.384 e. The Hall–Kier alpha value is -1.03. The van der Waals surface area contributed by atoms with Gasteiger partial charge < -0.3 is 9.84 Å². The molecule has 0 bridgehead atoms. The lowest BCUT2D eigenvalue weighted by Gasteiger charge is -2.31. The number of hydrogen-bond donors (Lipinski definition) is 1. The van der Waals surface area contributed by atoms with Gasteiger partial charge in [-0.05, 0) is 37.6 Å². The third-order valence-corrected chi connectivity index (χ3v) is 3.64. The number of nitrogens with one attached hydrogen (secondary N) is 1. The van der Waals surface area contributed by atoms with Gasteiger partial charge in [0, 0.05) is 12.1 Å². The van der Waals surface area contributed by atoms with Crippen LogP contribution < -0.4 is 10.9 Å². The number of piperidine rings is 1. The quantitative estimate of drug-likeness (QED) is 0.899. The van der Waals surface area contributed by atoms with Crippen LogP contribution in [0.15, 0.2) is 21.6 Å². The van der Waals surface area contributed by atoms with Crippen molar-refractivity contribution in [1.29, 1.82) is 0 Å². The summed E-state index contributed by atoms with van der Waals surface area (Å²) >= 11 is 0. The molecule has 0 aliphatic carbocycles. The van der Waals surface area contributed by atoms with Gasteiger partial charge in [0.1, 0.15) is 6.26 Å². The van der Waals surface area contributed by atoms with Crippen molar-refractivity contribution < 1.29 is 4.52 Å².